The number of carbonyl (C=O) groups is 1. The van der Waals surface area contributed by atoms with E-state index in [0.29, 0.717) is 19.5 Å². The van der Waals surface area contributed by atoms with Crippen molar-refractivity contribution in [2.75, 3.05) is 39.8 Å². The maximum Gasteiger partial charge on any atom is 0.236 e. The lowest BCUT2D eigenvalue weighted by atomic mass is 9.98. The molecule has 0 N–H and O–H groups in total. The highest BCUT2D eigenvalue weighted by Crippen LogP contribution is 2.28. The fourth-order valence-corrected chi connectivity index (χ4v) is 4.39. The molecular weight excluding hydrogens is 366 g/mol. The number of methoxy groups -OCH3 is 1. The van der Waals surface area contributed by atoms with E-state index in [1.807, 2.05) is 29.3 Å². The van der Waals surface area contributed by atoms with Crippen LogP contribution in [0.2, 0.25) is 0 Å². The highest BCUT2D eigenvalue weighted by Gasteiger charge is 2.28. The summed E-state index contributed by atoms with van der Waals surface area (Å²) >= 11 is 0. The first-order chi connectivity index (χ1) is 14.2. The van der Waals surface area contributed by atoms with E-state index in [1.165, 1.54) is 19.3 Å². The second-order valence-corrected chi connectivity index (χ2v) is 8.21. The number of hydrogen-bond donors (Lipinski definition) is 0. The van der Waals surface area contributed by atoms with Gasteiger partial charge in [0, 0.05) is 19.5 Å². The predicted octanol–water partition coefficient (Wildman–Crippen LogP) is 3.47. The molecule has 2 aliphatic rings. The van der Waals surface area contributed by atoms with Gasteiger partial charge in [-0.1, -0.05) is 18.6 Å². The fourth-order valence-electron chi connectivity index (χ4n) is 4.39. The first kappa shape index (κ1) is 20.0. The Morgan fingerprint density at radius 2 is 2.07 bits per heavy atom. The minimum Gasteiger partial charge on any atom is -0.497 e. The Morgan fingerprint density at radius 1 is 1.21 bits per heavy atom. The minimum atomic E-state index is 0.188. The van der Waals surface area contributed by atoms with E-state index in [-0.39, 0.29) is 11.8 Å². The van der Waals surface area contributed by atoms with Crippen LogP contribution in [0.25, 0.3) is 0 Å². The van der Waals surface area contributed by atoms with Crippen LogP contribution >= 0.6 is 0 Å². The molecule has 1 amide bonds. The van der Waals surface area contributed by atoms with Crippen molar-refractivity contribution in [3.63, 3.8) is 0 Å². The number of amides is 1. The Hall–Kier alpha value is -2.34. The van der Waals surface area contributed by atoms with Gasteiger partial charge in [0.15, 0.2) is 5.89 Å². The standard InChI is InChI=1S/C23H31N3O3/c1-28-20-9-5-7-18(13-20)14-21-15-24-23(29-21)19-8-6-12-26(16-19)22(27)17-25-10-3-2-4-11-25/h5,7,9,13,15,19H,2-4,6,8,10-12,14,16-17H2,1H3. The van der Waals surface area contributed by atoms with Gasteiger partial charge in [-0.05, 0) is 56.5 Å². The van der Waals surface area contributed by atoms with Crippen molar-refractivity contribution in [2.24, 2.45) is 0 Å². The molecule has 3 heterocycles. The summed E-state index contributed by atoms with van der Waals surface area (Å²) in [5.41, 5.74) is 1.13. The molecule has 2 saturated heterocycles. The number of rotatable bonds is 6. The molecule has 1 atom stereocenters. The van der Waals surface area contributed by atoms with Crippen LogP contribution < -0.4 is 4.74 Å². The molecule has 1 unspecified atom stereocenters. The van der Waals surface area contributed by atoms with Gasteiger partial charge in [-0.3, -0.25) is 9.69 Å². The number of aromatic nitrogens is 1. The Kier molecular flexibility index (Phi) is 6.49. The molecule has 0 spiro atoms. The molecule has 0 radical (unpaired) electrons. The summed E-state index contributed by atoms with van der Waals surface area (Å²) in [6.07, 6.45) is 8.25. The summed E-state index contributed by atoms with van der Waals surface area (Å²) in [6.45, 7) is 4.22. The van der Waals surface area contributed by atoms with Gasteiger partial charge in [0.1, 0.15) is 11.5 Å². The van der Waals surface area contributed by atoms with Crippen LogP contribution in [0.4, 0.5) is 0 Å². The molecule has 2 aliphatic heterocycles. The van der Waals surface area contributed by atoms with Gasteiger partial charge in [0.25, 0.3) is 0 Å². The van der Waals surface area contributed by atoms with Gasteiger partial charge < -0.3 is 14.1 Å². The third-order valence-corrected chi connectivity index (χ3v) is 6.01. The lowest BCUT2D eigenvalue weighted by Gasteiger charge is -2.34. The van der Waals surface area contributed by atoms with E-state index in [4.69, 9.17) is 9.15 Å². The topological polar surface area (TPSA) is 58.8 Å². The molecule has 0 bridgehead atoms. The third kappa shape index (κ3) is 5.18. The van der Waals surface area contributed by atoms with Crippen LogP contribution in [-0.2, 0) is 11.2 Å². The summed E-state index contributed by atoms with van der Waals surface area (Å²) in [6, 6.07) is 8.00. The van der Waals surface area contributed by atoms with Crippen molar-refractivity contribution >= 4 is 5.91 Å². The van der Waals surface area contributed by atoms with Crippen molar-refractivity contribution in [3.05, 3.63) is 47.7 Å². The third-order valence-electron chi connectivity index (χ3n) is 6.01. The largest absolute Gasteiger partial charge is 0.497 e. The molecule has 2 aromatic rings. The van der Waals surface area contributed by atoms with Crippen molar-refractivity contribution in [1.82, 2.24) is 14.8 Å². The summed E-state index contributed by atoms with van der Waals surface area (Å²) < 4.78 is 11.4. The van der Waals surface area contributed by atoms with Crippen LogP contribution in [-0.4, -0.2) is 60.5 Å². The Bertz CT molecular complexity index is 813. The molecule has 4 rings (SSSR count). The number of likely N-dealkylation sites (tertiary alicyclic amines) is 2. The molecule has 6 heteroatoms. The first-order valence-corrected chi connectivity index (χ1v) is 10.8. The summed E-state index contributed by atoms with van der Waals surface area (Å²) in [7, 11) is 1.67. The highest BCUT2D eigenvalue weighted by molar-refractivity contribution is 5.78. The van der Waals surface area contributed by atoms with Crippen LogP contribution in [0.1, 0.15) is 55.2 Å². The van der Waals surface area contributed by atoms with Crippen LogP contribution in [0.15, 0.2) is 34.9 Å². The zero-order valence-corrected chi connectivity index (χ0v) is 17.3. The SMILES string of the molecule is COc1cccc(Cc2cnc(C3CCCN(C(=O)CN4CCCCC4)C3)o2)c1. The number of piperidine rings is 2. The zero-order chi connectivity index (χ0) is 20.1. The number of ether oxygens (including phenoxy) is 1. The van der Waals surface area contributed by atoms with Gasteiger partial charge in [-0.25, -0.2) is 4.98 Å². The van der Waals surface area contributed by atoms with Crippen LogP contribution in [0.5, 0.6) is 5.75 Å². The summed E-state index contributed by atoms with van der Waals surface area (Å²) in [5.74, 6) is 2.90. The Balaban J connectivity index is 1.35. The van der Waals surface area contributed by atoms with Gasteiger partial charge in [0.2, 0.25) is 5.91 Å². The second kappa shape index (κ2) is 9.44. The van der Waals surface area contributed by atoms with Crippen molar-refractivity contribution in [3.8, 4) is 5.75 Å². The monoisotopic (exact) mass is 397 g/mol. The average molecular weight is 398 g/mol. The highest BCUT2D eigenvalue weighted by atomic mass is 16.5. The summed E-state index contributed by atoms with van der Waals surface area (Å²) in [5, 5.41) is 0. The zero-order valence-electron chi connectivity index (χ0n) is 17.3. The molecule has 0 aliphatic carbocycles. The average Bonchev–Trinajstić information content (AvgIpc) is 3.23. The van der Waals surface area contributed by atoms with Crippen LogP contribution in [0, 0.1) is 0 Å². The summed E-state index contributed by atoms with van der Waals surface area (Å²) in [4.78, 5) is 21.6. The fraction of sp³-hybridized carbons (Fsp3) is 0.565. The van der Waals surface area contributed by atoms with Gasteiger partial charge >= 0.3 is 0 Å². The van der Waals surface area contributed by atoms with Gasteiger partial charge in [0.05, 0.1) is 25.8 Å². The number of benzene rings is 1. The molecule has 6 nitrogen and oxygen atoms in total. The maximum atomic E-state index is 12.8. The molecule has 1 aromatic heterocycles. The number of nitrogens with zero attached hydrogens (tertiary/aromatic N) is 3. The normalized spacial score (nSPS) is 20.6. The van der Waals surface area contributed by atoms with E-state index in [9.17, 15) is 4.79 Å². The lowest BCUT2D eigenvalue weighted by Crippen LogP contribution is -2.45. The number of carbonyl (C=O) groups excluding carboxylic acids is 1. The first-order valence-electron chi connectivity index (χ1n) is 10.8. The van der Waals surface area contributed by atoms with E-state index >= 15 is 0 Å². The van der Waals surface area contributed by atoms with E-state index in [0.717, 1.165) is 55.4 Å². The smallest absolute Gasteiger partial charge is 0.236 e. The molecule has 1 aromatic carbocycles. The van der Waals surface area contributed by atoms with Gasteiger partial charge in [-0.2, -0.15) is 0 Å². The minimum absolute atomic E-state index is 0.188. The van der Waals surface area contributed by atoms with Crippen molar-refractivity contribution in [2.45, 2.75) is 44.4 Å². The molecule has 2 fully saturated rings. The number of hydrogen-bond acceptors (Lipinski definition) is 5. The Morgan fingerprint density at radius 3 is 2.90 bits per heavy atom. The Labute approximate surface area is 172 Å². The van der Waals surface area contributed by atoms with Crippen LogP contribution in [0.3, 0.4) is 0 Å². The molecular formula is C23H31N3O3. The maximum absolute atomic E-state index is 12.8. The van der Waals surface area contributed by atoms with Gasteiger partial charge in [-0.15, -0.1) is 0 Å². The predicted molar refractivity (Wildman–Crippen MR) is 111 cm³/mol. The second-order valence-electron chi connectivity index (χ2n) is 8.21. The van der Waals surface area contributed by atoms with E-state index in [2.05, 4.69) is 16.0 Å². The van der Waals surface area contributed by atoms with Crippen molar-refractivity contribution in [1.29, 1.82) is 0 Å². The molecule has 0 saturated carbocycles. The number of oxazole rings is 1. The molecule has 156 valence electrons. The molecule has 29 heavy (non-hydrogen) atoms. The van der Waals surface area contributed by atoms with Crippen molar-refractivity contribution < 1.29 is 13.9 Å². The van der Waals surface area contributed by atoms with E-state index < -0.39 is 0 Å². The van der Waals surface area contributed by atoms with E-state index in [1.54, 1.807) is 7.11 Å². The quantitative estimate of drug-likeness (QED) is 0.747. The lowest BCUT2D eigenvalue weighted by molar-refractivity contribution is -0.134.